The summed E-state index contributed by atoms with van der Waals surface area (Å²) < 4.78 is 5.43. The van der Waals surface area contributed by atoms with Gasteiger partial charge in [0, 0.05) is 5.92 Å². The van der Waals surface area contributed by atoms with E-state index in [0.717, 1.165) is 17.1 Å². The van der Waals surface area contributed by atoms with Crippen molar-refractivity contribution in [3.8, 4) is 0 Å². The molecular formula is C14H20O2. The van der Waals surface area contributed by atoms with Gasteiger partial charge in [0.2, 0.25) is 0 Å². The summed E-state index contributed by atoms with van der Waals surface area (Å²) in [6, 6.07) is 1.86. The molecule has 1 aromatic heterocycles. The second kappa shape index (κ2) is 2.99. The summed E-state index contributed by atoms with van der Waals surface area (Å²) in [5, 5.41) is 0. The molecule has 2 rings (SSSR count). The molecule has 16 heavy (non-hydrogen) atoms. The Morgan fingerprint density at radius 3 is 2.00 bits per heavy atom. The highest BCUT2D eigenvalue weighted by Crippen LogP contribution is 2.69. The molecule has 1 saturated carbocycles. The lowest BCUT2D eigenvalue weighted by Gasteiger charge is -2.03. The van der Waals surface area contributed by atoms with Gasteiger partial charge in [-0.3, -0.25) is 4.79 Å². The van der Waals surface area contributed by atoms with Gasteiger partial charge < -0.3 is 4.42 Å². The van der Waals surface area contributed by atoms with Gasteiger partial charge in [0.05, 0.1) is 5.56 Å². The first-order valence-electron chi connectivity index (χ1n) is 5.81. The molecule has 1 heterocycles. The summed E-state index contributed by atoms with van der Waals surface area (Å²) in [7, 11) is 0. The van der Waals surface area contributed by atoms with Crippen LogP contribution in [-0.2, 0) is 0 Å². The van der Waals surface area contributed by atoms with Crippen molar-refractivity contribution < 1.29 is 9.21 Å². The molecule has 2 heteroatoms. The zero-order valence-electron chi connectivity index (χ0n) is 11.0. The van der Waals surface area contributed by atoms with E-state index >= 15 is 0 Å². The lowest BCUT2D eigenvalue weighted by atomic mass is 10.0. The van der Waals surface area contributed by atoms with Gasteiger partial charge in [-0.1, -0.05) is 27.7 Å². The minimum Gasteiger partial charge on any atom is -0.466 e. The van der Waals surface area contributed by atoms with Gasteiger partial charge in [-0.15, -0.1) is 0 Å². The molecule has 0 atom stereocenters. The Kier molecular flexibility index (Phi) is 2.14. The maximum absolute atomic E-state index is 12.4. The lowest BCUT2D eigenvalue weighted by Crippen LogP contribution is -2.07. The number of rotatable bonds is 2. The van der Waals surface area contributed by atoms with Crippen molar-refractivity contribution >= 4 is 5.78 Å². The SMILES string of the molecule is Cc1cc(C(=O)C2C(C)(C)C2(C)C)c(C)o1. The van der Waals surface area contributed by atoms with Crippen LogP contribution in [0.5, 0.6) is 0 Å². The van der Waals surface area contributed by atoms with Gasteiger partial charge in [-0.05, 0) is 30.7 Å². The molecule has 0 N–H and O–H groups in total. The highest BCUT2D eigenvalue weighted by atomic mass is 16.3. The van der Waals surface area contributed by atoms with Crippen LogP contribution >= 0.6 is 0 Å². The Hall–Kier alpha value is -1.05. The van der Waals surface area contributed by atoms with Crippen LogP contribution in [0.4, 0.5) is 0 Å². The first-order chi connectivity index (χ1) is 7.19. The first kappa shape index (κ1) is 11.4. The van der Waals surface area contributed by atoms with Gasteiger partial charge in [0.1, 0.15) is 11.5 Å². The summed E-state index contributed by atoms with van der Waals surface area (Å²) >= 11 is 0. The fraction of sp³-hybridized carbons (Fsp3) is 0.643. The maximum Gasteiger partial charge on any atom is 0.170 e. The highest BCUT2D eigenvalue weighted by Gasteiger charge is 2.68. The fourth-order valence-corrected chi connectivity index (χ4v) is 2.88. The van der Waals surface area contributed by atoms with Crippen LogP contribution in [-0.4, -0.2) is 5.78 Å². The number of ketones is 1. The third kappa shape index (κ3) is 1.28. The molecule has 1 fully saturated rings. The van der Waals surface area contributed by atoms with Gasteiger partial charge >= 0.3 is 0 Å². The second-order valence-corrected chi connectivity index (χ2v) is 6.07. The molecule has 0 radical (unpaired) electrons. The van der Waals surface area contributed by atoms with Crippen molar-refractivity contribution in [1.29, 1.82) is 0 Å². The summed E-state index contributed by atoms with van der Waals surface area (Å²) in [6.07, 6.45) is 0. The normalized spacial score (nSPS) is 22.1. The topological polar surface area (TPSA) is 30.2 Å². The number of hydrogen-bond donors (Lipinski definition) is 0. The van der Waals surface area contributed by atoms with Crippen LogP contribution in [0, 0.1) is 30.6 Å². The number of carbonyl (C=O) groups is 1. The molecule has 0 aliphatic heterocycles. The van der Waals surface area contributed by atoms with E-state index in [-0.39, 0.29) is 22.5 Å². The van der Waals surface area contributed by atoms with Crippen molar-refractivity contribution in [2.75, 3.05) is 0 Å². The van der Waals surface area contributed by atoms with Gasteiger partial charge in [0.15, 0.2) is 5.78 Å². The van der Waals surface area contributed by atoms with Crippen molar-refractivity contribution in [1.82, 2.24) is 0 Å². The van der Waals surface area contributed by atoms with E-state index in [1.807, 2.05) is 19.9 Å². The average molecular weight is 220 g/mol. The molecule has 1 aliphatic rings. The van der Waals surface area contributed by atoms with Gasteiger partial charge in [-0.2, -0.15) is 0 Å². The van der Waals surface area contributed by atoms with Gasteiger partial charge in [-0.25, -0.2) is 0 Å². The molecule has 0 unspecified atom stereocenters. The molecule has 0 bridgehead atoms. The van der Waals surface area contributed by atoms with E-state index in [9.17, 15) is 4.79 Å². The minimum atomic E-state index is 0.0989. The largest absolute Gasteiger partial charge is 0.466 e. The van der Waals surface area contributed by atoms with E-state index in [0.29, 0.717) is 0 Å². The first-order valence-corrected chi connectivity index (χ1v) is 5.81. The second-order valence-electron chi connectivity index (χ2n) is 6.07. The van der Waals surface area contributed by atoms with E-state index < -0.39 is 0 Å². The van der Waals surface area contributed by atoms with Crippen LogP contribution in [0.3, 0.4) is 0 Å². The third-order valence-electron chi connectivity index (χ3n) is 4.59. The number of hydrogen-bond acceptors (Lipinski definition) is 2. The smallest absolute Gasteiger partial charge is 0.170 e. The Balaban J connectivity index is 2.33. The molecule has 88 valence electrons. The van der Waals surface area contributed by atoms with Gasteiger partial charge in [0.25, 0.3) is 0 Å². The summed E-state index contributed by atoms with van der Waals surface area (Å²) in [5.74, 6) is 1.93. The maximum atomic E-state index is 12.4. The van der Waals surface area contributed by atoms with Crippen molar-refractivity contribution in [3.63, 3.8) is 0 Å². The molecule has 0 aromatic carbocycles. The Morgan fingerprint density at radius 1 is 1.19 bits per heavy atom. The summed E-state index contributed by atoms with van der Waals surface area (Å²) in [4.78, 5) is 12.4. The van der Waals surface area contributed by atoms with E-state index in [1.54, 1.807) is 0 Å². The van der Waals surface area contributed by atoms with Crippen LogP contribution in [0.25, 0.3) is 0 Å². The molecule has 1 aromatic rings. The lowest BCUT2D eigenvalue weighted by molar-refractivity contribution is 0.0943. The molecule has 0 amide bonds. The summed E-state index contributed by atoms with van der Waals surface area (Å²) in [6.45, 7) is 12.4. The van der Waals surface area contributed by atoms with E-state index in [1.165, 1.54) is 0 Å². The standard InChI is InChI=1S/C14H20O2/c1-8-7-10(9(2)16-8)11(15)12-13(3,4)14(12,5)6/h7,12H,1-6H3. The monoisotopic (exact) mass is 220 g/mol. The quantitative estimate of drug-likeness (QED) is 0.710. The zero-order valence-corrected chi connectivity index (χ0v) is 11.0. The van der Waals surface area contributed by atoms with Crippen molar-refractivity contribution in [2.45, 2.75) is 41.5 Å². The number of carbonyl (C=O) groups excluding carboxylic acids is 1. The Bertz CT molecular complexity index is 435. The van der Waals surface area contributed by atoms with E-state index in [4.69, 9.17) is 4.42 Å². The minimum absolute atomic E-state index is 0.0989. The van der Waals surface area contributed by atoms with Crippen LogP contribution < -0.4 is 0 Å². The Labute approximate surface area is 97.0 Å². The van der Waals surface area contributed by atoms with E-state index in [2.05, 4.69) is 27.7 Å². The molecule has 0 spiro atoms. The average Bonchev–Trinajstić information content (AvgIpc) is 2.37. The zero-order chi connectivity index (χ0) is 12.3. The molecular weight excluding hydrogens is 200 g/mol. The molecule has 0 saturated heterocycles. The van der Waals surface area contributed by atoms with Crippen LogP contribution in [0.15, 0.2) is 10.5 Å². The third-order valence-corrected chi connectivity index (χ3v) is 4.59. The number of furan rings is 1. The van der Waals surface area contributed by atoms with Crippen molar-refractivity contribution in [3.05, 3.63) is 23.2 Å². The number of aryl methyl sites for hydroxylation is 2. The number of Topliss-reactive ketones (excluding diaryl/α,β-unsaturated/α-hetero) is 1. The molecule has 1 aliphatic carbocycles. The fourth-order valence-electron chi connectivity index (χ4n) is 2.88. The van der Waals surface area contributed by atoms with Crippen LogP contribution in [0.1, 0.15) is 49.6 Å². The molecule has 2 nitrogen and oxygen atoms in total. The highest BCUT2D eigenvalue weighted by molar-refractivity contribution is 6.02. The summed E-state index contributed by atoms with van der Waals surface area (Å²) in [5.41, 5.74) is 0.963. The van der Waals surface area contributed by atoms with Crippen LogP contribution in [0.2, 0.25) is 0 Å². The Morgan fingerprint density at radius 2 is 1.69 bits per heavy atom. The predicted octanol–water partition coefficient (Wildman–Crippen LogP) is 3.76. The van der Waals surface area contributed by atoms with Crippen molar-refractivity contribution in [2.24, 2.45) is 16.7 Å². The predicted molar refractivity (Wildman–Crippen MR) is 63.6 cm³/mol.